The Morgan fingerprint density at radius 3 is 2.83 bits per heavy atom. The molecule has 1 spiro atoms. The molecule has 24 heavy (non-hydrogen) atoms. The van der Waals surface area contributed by atoms with Gasteiger partial charge in [-0.2, -0.15) is 8.75 Å². The molecule has 4 unspecified atom stereocenters. The highest BCUT2D eigenvalue weighted by molar-refractivity contribution is 7.99. The van der Waals surface area contributed by atoms with Gasteiger partial charge in [0.15, 0.2) is 0 Å². The number of ether oxygens (including phenoxy) is 2. The molecule has 3 aliphatic heterocycles. The summed E-state index contributed by atoms with van der Waals surface area (Å²) in [5, 5.41) is 10.3. The molecule has 4 heterocycles. The number of nitrogens with zero attached hydrogens (tertiary/aromatic N) is 3. The zero-order valence-electron chi connectivity index (χ0n) is 13.0. The third-order valence-electron chi connectivity index (χ3n) is 4.72. The van der Waals surface area contributed by atoms with Gasteiger partial charge < -0.3 is 14.6 Å². The van der Waals surface area contributed by atoms with Gasteiger partial charge in [0.2, 0.25) is 0 Å². The average molecular weight is 371 g/mol. The molecule has 3 saturated heterocycles. The number of aliphatic hydroxyl groups is 1. The maximum absolute atomic E-state index is 11.5. The van der Waals surface area contributed by atoms with Crippen LogP contribution in [0.1, 0.15) is 31.4 Å². The fourth-order valence-corrected chi connectivity index (χ4v) is 5.25. The van der Waals surface area contributed by atoms with Crippen molar-refractivity contribution >= 4 is 35.4 Å². The number of piperidine rings is 1. The Morgan fingerprint density at radius 2 is 2.12 bits per heavy atom. The molecule has 130 valence electrons. The molecule has 1 aromatic rings. The second-order valence-corrected chi connectivity index (χ2v) is 7.95. The highest BCUT2D eigenvalue weighted by Gasteiger charge is 2.59. The summed E-state index contributed by atoms with van der Waals surface area (Å²) in [7, 11) is 0. The summed E-state index contributed by atoms with van der Waals surface area (Å²) in [5.41, 5.74) is 0.936. The van der Waals surface area contributed by atoms with Crippen molar-refractivity contribution < 1.29 is 24.2 Å². The second-order valence-electron chi connectivity index (χ2n) is 6.42. The van der Waals surface area contributed by atoms with Crippen LogP contribution in [0.15, 0.2) is 5.03 Å². The van der Waals surface area contributed by atoms with Crippen molar-refractivity contribution in [3.05, 3.63) is 5.69 Å². The fourth-order valence-electron chi connectivity index (χ4n) is 3.62. The Balaban J connectivity index is 1.53. The van der Waals surface area contributed by atoms with E-state index in [1.807, 2.05) is 4.90 Å². The number of hydrogen-bond acceptors (Lipinski definition) is 10. The zero-order chi connectivity index (χ0) is 16.9. The van der Waals surface area contributed by atoms with Crippen LogP contribution in [0.25, 0.3) is 0 Å². The van der Waals surface area contributed by atoms with E-state index in [1.54, 1.807) is 6.92 Å². The van der Waals surface area contributed by atoms with Gasteiger partial charge >= 0.3 is 17.8 Å². The first-order chi connectivity index (χ1) is 11.5. The predicted molar refractivity (Wildman–Crippen MR) is 84.3 cm³/mol. The lowest BCUT2D eigenvalue weighted by Crippen LogP contribution is -2.51. The van der Waals surface area contributed by atoms with Crippen LogP contribution in [0.5, 0.6) is 0 Å². The second kappa shape index (κ2) is 5.94. The molecule has 8 nitrogen and oxygen atoms in total. The van der Waals surface area contributed by atoms with Crippen LogP contribution in [0, 0.1) is 5.92 Å². The SMILES string of the molecule is CC(O)CSc1nsnc1C1CN2CC1CCC21OC(=O)C(=O)O1. The maximum atomic E-state index is 11.5. The summed E-state index contributed by atoms with van der Waals surface area (Å²) in [5.74, 6) is -1.96. The van der Waals surface area contributed by atoms with E-state index in [0.717, 1.165) is 17.1 Å². The molecule has 0 radical (unpaired) electrons. The summed E-state index contributed by atoms with van der Waals surface area (Å²) in [6.07, 6.45) is 0.871. The molecule has 4 rings (SSSR count). The first-order valence-electron chi connectivity index (χ1n) is 7.83. The van der Waals surface area contributed by atoms with Crippen molar-refractivity contribution in [2.24, 2.45) is 5.92 Å². The van der Waals surface area contributed by atoms with Gasteiger partial charge in [0.25, 0.3) is 0 Å². The minimum absolute atomic E-state index is 0.164. The quantitative estimate of drug-likeness (QED) is 0.462. The Labute approximate surface area is 146 Å². The van der Waals surface area contributed by atoms with Crippen LogP contribution < -0.4 is 0 Å². The number of aliphatic hydroxyl groups excluding tert-OH is 1. The van der Waals surface area contributed by atoms with E-state index >= 15 is 0 Å². The number of carbonyl (C=O) groups excluding carboxylic acids is 2. The summed E-state index contributed by atoms with van der Waals surface area (Å²) in [4.78, 5) is 24.9. The predicted octanol–water partition coefficient (Wildman–Crippen LogP) is 0.574. The van der Waals surface area contributed by atoms with Crippen LogP contribution in [-0.2, 0) is 19.1 Å². The van der Waals surface area contributed by atoms with E-state index in [2.05, 4.69) is 8.75 Å². The van der Waals surface area contributed by atoms with E-state index in [9.17, 15) is 14.7 Å². The Bertz CT molecular complexity index is 663. The third-order valence-corrected chi connectivity index (χ3v) is 6.60. The molecule has 2 bridgehead atoms. The molecule has 1 aromatic heterocycles. The number of aromatic nitrogens is 2. The van der Waals surface area contributed by atoms with Crippen molar-refractivity contribution in [1.29, 1.82) is 0 Å². The standard InChI is InChI=1S/C14H17N3O5S2/c1-7(18)6-23-11-10(15-24-16-11)9-5-17-4-8(9)2-3-14(17)21-12(19)13(20)22-14/h7-9,18H,2-6H2,1H3. The van der Waals surface area contributed by atoms with E-state index in [-0.39, 0.29) is 5.92 Å². The number of hydrogen-bond donors (Lipinski definition) is 1. The molecule has 1 N–H and O–H groups in total. The van der Waals surface area contributed by atoms with Crippen LogP contribution in [0.2, 0.25) is 0 Å². The van der Waals surface area contributed by atoms with Crippen molar-refractivity contribution in [3.8, 4) is 0 Å². The normalized spacial score (nSPS) is 32.0. The number of rotatable bonds is 4. The molecule has 3 aliphatic rings. The summed E-state index contributed by atoms with van der Waals surface area (Å²) < 4.78 is 19.3. The molecule has 10 heteroatoms. The molecule has 4 atom stereocenters. The van der Waals surface area contributed by atoms with Crippen LogP contribution >= 0.6 is 23.5 Å². The van der Waals surface area contributed by atoms with Crippen molar-refractivity contribution in [1.82, 2.24) is 13.6 Å². The minimum atomic E-state index is -1.23. The zero-order valence-corrected chi connectivity index (χ0v) is 14.6. The van der Waals surface area contributed by atoms with Gasteiger partial charge in [-0.15, -0.1) is 11.8 Å². The van der Waals surface area contributed by atoms with E-state index in [4.69, 9.17) is 9.47 Å². The van der Waals surface area contributed by atoms with Crippen LogP contribution in [0.3, 0.4) is 0 Å². The van der Waals surface area contributed by atoms with Crippen LogP contribution in [0.4, 0.5) is 0 Å². The number of fused-ring (bicyclic) bond motifs is 3. The van der Waals surface area contributed by atoms with Crippen LogP contribution in [-0.4, -0.2) is 61.5 Å². The average Bonchev–Trinajstić information content (AvgIpc) is 3.20. The minimum Gasteiger partial charge on any atom is -0.400 e. The van der Waals surface area contributed by atoms with Gasteiger partial charge in [-0.1, -0.05) is 0 Å². The topological polar surface area (TPSA) is 102 Å². The number of carbonyl (C=O) groups is 2. The number of esters is 2. The first kappa shape index (κ1) is 16.2. The summed E-state index contributed by atoms with van der Waals surface area (Å²) >= 11 is 2.68. The molecule has 0 amide bonds. The van der Waals surface area contributed by atoms with E-state index in [0.29, 0.717) is 31.2 Å². The molecule has 0 saturated carbocycles. The summed E-state index contributed by atoms with van der Waals surface area (Å²) in [6.45, 7) is 3.05. The third kappa shape index (κ3) is 2.61. The van der Waals surface area contributed by atoms with Gasteiger partial charge in [0.05, 0.1) is 23.5 Å². The molecule has 3 fully saturated rings. The smallest absolute Gasteiger partial charge is 0.400 e. The fraction of sp³-hybridized carbons (Fsp3) is 0.714. The van der Waals surface area contributed by atoms with E-state index < -0.39 is 24.0 Å². The van der Waals surface area contributed by atoms with Gasteiger partial charge in [0, 0.05) is 31.2 Å². The monoisotopic (exact) mass is 371 g/mol. The van der Waals surface area contributed by atoms with Gasteiger partial charge in [-0.25, -0.2) is 14.5 Å². The lowest BCUT2D eigenvalue weighted by Gasteiger charge is -2.37. The molecule has 0 aliphatic carbocycles. The van der Waals surface area contributed by atoms with Gasteiger partial charge in [0.1, 0.15) is 5.03 Å². The van der Waals surface area contributed by atoms with Gasteiger partial charge in [-0.05, 0) is 19.3 Å². The van der Waals surface area contributed by atoms with Crippen molar-refractivity contribution in [2.75, 3.05) is 18.8 Å². The van der Waals surface area contributed by atoms with Gasteiger partial charge in [-0.3, -0.25) is 0 Å². The highest BCUT2D eigenvalue weighted by atomic mass is 32.2. The maximum Gasteiger partial charge on any atom is 0.421 e. The Hall–Kier alpha value is -1.23. The lowest BCUT2D eigenvalue weighted by atomic mass is 9.88. The molecule has 0 aromatic carbocycles. The van der Waals surface area contributed by atoms with E-state index in [1.165, 1.54) is 23.5 Å². The Morgan fingerprint density at radius 1 is 1.38 bits per heavy atom. The van der Waals surface area contributed by atoms with Crippen molar-refractivity contribution in [2.45, 2.75) is 42.7 Å². The highest BCUT2D eigenvalue weighted by Crippen LogP contribution is 2.48. The lowest BCUT2D eigenvalue weighted by molar-refractivity contribution is -0.257. The number of thioether (sulfide) groups is 1. The first-order valence-corrected chi connectivity index (χ1v) is 9.55. The molecular formula is C14H17N3O5S2. The largest absolute Gasteiger partial charge is 0.421 e. The summed E-state index contributed by atoms with van der Waals surface area (Å²) in [6, 6.07) is 0. The Kier molecular flexibility index (Phi) is 4.02. The molecular weight excluding hydrogens is 354 g/mol. The van der Waals surface area contributed by atoms with Crippen molar-refractivity contribution in [3.63, 3.8) is 0 Å².